The fourth-order valence-corrected chi connectivity index (χ4v) is 1.37. The average molecular weight is 229 g/mol. The highest BCUT2D eigenvalue weighted by Crippen LogP contribution is 2.31. The Morgan fingerprint density at radius 2 is 2.06 bits per heavy atom. The van der Waals surface area contributed by atoms with Gasteiger partial charge < -0.3 is 4.52 Å². The van der Waals surface area contributed by atoms with Gasteiger partial charge in [0.2, 0.25) is 5.76 Å². The molecule has 1 aromatic heterocycles. The van der Waals surface area contributed by atoms with Crippen LogP contribution in [0.15, 0.2) is 22.7 Å². The van der Waals surface area contributed by atoms with Crippen molar-refractivity contribution in [3.05, 3.63) is 29.5 Å². The van der Waals surface area contributed by atoms with Crippen molar-refractivity contribution in [2.75, 3.05) is 0 Å². The Kier molecular flexibility index (Phi) is 2.22. The van der Waals surface area contributed by atoms with Crippen LogP contribution in [0.25, 0.3) is 10.9 Å². The van der Waals surface area contributed by atoms with E-state index in [1.54, 1.807) is 0 Å². The molecule has 1 aromatic carbocycles. The maximum Gasteiger partial charge on any atom is 0.416 e. The topological polar surface area (TPSA) is 43.1 Å². The Balaban J connectivity index is 2.62. The molecule has 0 aliphatic carbocycles. The van der Waals surface area contributed by atoms with E-state index in [-0.39, 0.29) is 17.1 Å². The van der Waals surface area contributed by atoms with Crippen molar-refractivity contribution in [2.45, 2.75) is 13.1 Å². The van der Waals surface area contributed by atoms with E-state index in [1.165, 1.54) is 13.0 Å². The second kappa shape index (κ2) is 3.33. The molecule has 0 saturated heterocycles. The highest BCUT2D eigenvalue weighted by Gasteiger charge is 2.31. The molecule has 84 valence electrons. The van der Waals surface area contributed by atoms with Gasteiger partial charge in [-0.25, -0.2) is 0 Å². The molecule has 0 radical (unpaired) electrons. The van der Waals surface area contributed by atoms with E-state index in [4.69, 9.17) is 0 Å². The first-order chi connectivity index (χ1) is 7.39. The number of carbonyl (C=O) groups is 1. The van der Waals surface area contributed by atoms with Crippen molar-refractivity contribution in [3.8, 4) is 0 Å². The predicted molar refractivity (Wildman–Crippen MR) is 49.0 cm³/mol. The highest BCUT2D eigenvalue weighted by molar-refractivity contribution is 6.03. The Morgan fingerprint density at radius 1 is 1.38 bits per heavy atom. The fraction of sp³-hybridized carbons (Fsp3) is 0.200. The van der Waals surface area contributed by atoms with Gasteiger partial charge >= 0.3 is 6.18 Å². The first-order valence-electron chi connectivity index (χ1n) is 4.37. The third-order valence-corrected chi connectivity index (χ3v) is 2.12. The van der Waals surface area contributed by atoms with Gasteiger partial charge in [-0.15, -0.1) is 0 Å². The summed E-state index contributed by atoms with van der Waals surface area (Å²) in [6, 6.07) is 2.93. The first kappa shape index (κ1) is 10.7. The predicted octanol–water partition coefficient (Wildman–Crippen LogP) is 3.05. The van der Waals surface area contributed by atoms with E-state index in [2.05, 4.69) is 9.68 Å². The Labute approximate surface area is 87.8 Å². The maximum absolute atomic E-state index is 12.4. The number of rotatable bonds is 1. The molecule has 0 atom stereocenters. The maximum atomic E-state index is 12.4. The summed E-state index contributed by atoms with van der Waals surface area (Å²) >= 11 is 0. The van der Waals surface area contributed by atoms with Crippen LogP contribution in [0.1, 0.15) is 23.0 Å². The zero-order valence-electron chi connectivity index (χ0n) is 8.13. The molecule has 3 nitrogen and oxygen atoms in total. The lowest BCUT2D eigenvalue weighted by molar-refractivity contribution is -0.137. The van der Waals surface area contributed by atoms with Crippen molar-refractivity contribution in [1.29, 1.82) is 0 Å². The summed E-state index contributed by atoms with van der Waals surface area (Å²) in [4.78, 5) is 11.0. The van der Waals surface area contributed by atoms with Crippen LogP contribution in [0.4, 0.5) is 13.2 Å². The van der Waals surface area contributed by atoms with E-state index in [0.29, 0.717) is 5.39 Å². The van der Waals surface area contributed by atoms with Gasteiger partial charge in [-0.3, -0.25) is 4.79 Å². The van der Waals surface area contributed by atoms with Crippen LogP contribution in [0.5, 0.6) is 0 Å². The quantitative estimate of drug-likeness (QED) is 0.706. The molecule has 1 heterocycles. The van der Waals surface area contributed by atoms with Gasteiger partial charge in [-0.1, -0.05) is 5.16 Å². The van der Waals surface area contributed by atoms with Crippen LogP contribution in [0.2, 0.25) is 0 Å². The van der Waals surface area contributed by atoms with E-state index < -0.39 is 11.7 Å². The van der Waals surface area contributed by atoms with Gasteiger partial charge in [0.15, 0.2) is 5.78 Å². The van der Waals surface area contributed by atoms with Crippen molar-refractivity contribution >= 4 is 16.7 Å². The molecule has 0 saturated carbocycles. The fourth-order valence-electron chi connectivity index (χ4n) is 1.37. The lowest BCUT2D eigenvalue weighted by Crippen LogP contribution is -2.04. The molecule has 2 rings (SSSR count). The van der Waals surface area contributed by atoms with Crippen molar-refractivity contribution in [3.63, 3.8) is 0 Å². The summed E-state index contributed by atoms with van der Waals surface area (Å²) < 4.78 is 41.7. The molecular weight excluding hydrogens is 223 g/mol. The van der Waals surface area contributed by atoms with E-state index >= 15 is 0 Å². The molecule has 0 spiro atoms. The molecule has 0 unspecified atom stereocenters. The molecule has 0 fully saturated rings. The number of aromatic nitrogens is 1. The number of nitrogens with zero attached hydrogens (tertiary/aromatic N) is 1. The summed E-state index contributed by atoms with van der Waals surface area (Å²) in [6.07, 6.45) is -4.43. The average Bonchev–Trinajstić information content (AvgIpc) is 2.58. The molecule has 0 bridgehead atoms. The smallest absolute Gasteiger partial charge is 0.352 e. The van der Waals surface area contributed by atoms with E-state index in [9.17, 15) is 18.0 Å². The number of hydrogen-bond donors (Lipinski definition) is 0. The molecule has 0 aliphatic heterocycles. The van der Waals surface area contributed by atoms with E-state index in [1.807, 2.05) is 0 Å². The molecule has 16 heavy (non-hydrogen) atoms. The second-order valence-corrected chi connectivity index (χ2v) is 3.30. The van der Waals surface area contributed by atoms with Crippen molar-refractivity contribution < 1.29 is 22.5 Å². The number of hydrogen-bond acceptors (Lipinski definition) is 3. The summed E-state index contributed by atoms with van der Waals surface area (Å²) in [5, 5.41) is 3.71. The minimum atomic E-state index is -4.43. The van der Waals surface area contributed by atoms with E-state index in [0.717, 1.165) is 12.1 Å². The number of Topliss-reactive ketones (excluding diaryl/α,β-unsaturated/α-hetero) is 1. The van der Waals surface area contributed by atoms with Crippen LogP contribution in [-0.2, 0) is 6.18 Å². The number of benzene rings is 1. The molecule has 0 N–H and O–H groups in total. The largest absolute Gasteiger partial charge is 0.416 e. The van der Waals surface area contributed by atoms with Crippen LogP contribution >= 0.6 is 0 Å². The van der Waals surface area contributed by atoms with Crippen LogP contribution in [0, 0.1) is 0 Å². The van der Waals surface area contributed by atoms with Gasteiger partial charge in [0.05, 0.1) is 10.9 Å². The number of carbonyl (C=O) groups excluding carboxylic acids is 1. The lowest BCUT2D eigenvalue weighted by atomic mass is 10.1. The lowest BCUT2D eigenvalue weighted by Gasteiger charge is -2.04. The SMILES string of the molecule is CC(=O)c1onc2cc(C(F)(F)F)ccc12. The summed E-state index contributed by atoms with van der Waals surface area (Å²) in [5.41, 5.74) is -0.788. The van der Waals surface area contributed by atoms with Gasteiger partial charge in [-0.05, 0) is 18.2 Å². The minimum Gasteiger partial charge on any atom is -0.352 e. The zero-order chi connectivity index (χ0) is 11.9. The first-order valence-corrected chi connectivity index (χ1v) is 4.37. The van der Waals surface area contributed by atoms with Crippen molar-refractivity contribution in [1.82, 2.24) is 5.16 Å². The Hall–Kier alpha value is -1.85. The summed E-state index contributed by atoms with van der Waals surface area (Å²) in [7, 11) is 0. The normalized spacial score (nSPS) is 12.0. The minimum absolute atomic E-state index is 0.0243. The van der Waals surface area contributed by atoms with Gasteiger partial charge in [0.25, 0.3) is 0 Å². The zero-order valence-corrected chi connectivity index (χ0v) is 8.13. The van der Waals surface area contributed by atoms with Crippen LogP contribution < -0.4 is 0 Å². The van der Waals surface area contributed by atoms with Crippen LogP contribution in [-0.4, -0.2) is 10.9 Å². The number of fused-ring (bicyclic) bond motifs is 1. The molecule has 0 aliphatic rings. The third-order valence-electron chi connectivity index (χ3n) is 2.12. The number of halogens is 3. The van der Waals surface area contributed by atoms with Gasteiger partial charge in [0.1, 0.15) is 5.52 Å². The van der Waals surface area contributed by atoms with Gasteiger partial charge in [-0.2, -0.15) is 13.2 Å². The number of alkyl halides is 3. The summed E-state index contributed by atoms with van der Waals surface area (Å²) in [5.74, 6) is -0.397. The van der Waals surface area contributed by atoms with Crippen molar-refractivity contribution in [2.24, 2.45) is 0 Å². The van der Waals surface area contributed by atoms with Gasteiger partial charge in [0, 0.05) is 6.92 Å². The molecule has 2 aromatic rings. The number of ketones is 1. The standard InChI is InChI=1S/C10H6F3NO2/c1-5(15)9-7-3-2-6(10(11,12)13)4-8(7)14-16-9/h2-4H,1H3. The molecular formula is C10H6F3NO2. The monoisotopic (exact) mass is 229 g/mol. The Morgan fingerprint density at radius 3 is 2.62 bits per heavy atom. The van der Waals surface area contributed by atoms with Crippen LogP contribution in [0.3, 0.4) is 0 Å². The second-order valence-electron chi connectivity index (χ2n) is 3.30. The molecule has 0 amide bonds. The summed E-state index contributed by atoms with van der Waals surface area (Å²) in [6.45, 7) is 1.26. The molecule has 6 heteroatoms. The Bertz CT molecular complexity index is 557. The third kappa shape index (κ3) is 1.66. The highest BCUT2D eigenvalue weighted by atomic mass is 19.4.